The topological polar surface area (TPSA) is 97.7 Å². The summed E-state index contributed by atoms with van der Waals surface area (Å²) < 4.78 is 6.16. The Morgan fingerprint density at radius 3 is 1.48 bits per heavy atom. The molecule has 0 heterocycles. The molecule has 6 nitrogen and oxygen atoms in total. The third kappa shape index (κ3) is 9.83. The molecule has 8 fully saturated rings. The normalized spacial score (nSPS) is 45.0. The van der Waals surface area contributed by atoms with Crippen molar-refractivity contribution in [3.05, 3.63) is 0 Å². The SMILES string of the molecule is CCCCCCC(C(=O)O)[C@]1(C)CC[C@@]2(C)[C@@H](CC[C@@H]3[C@@H]2CC[C@]2(C)[C@@H](C(C)=O)CC[C@@H]32)C1.CCCCCCCC(=O)O[C@]1(C)CC[C@@]2(C)[C@@H](CC[C@@H]3[C@@H]2CC[C@]2(C)[C@@H](C(C)=O)CC[C@@H]32)C1. The van der Waals surface area contributed by atoms with Gasteiger partial charge in [-0.15, -0.1) is 0 Å². The molecular weight excluding hydrogens is 817 g/mol. The summed E-state index contributed by atoms with van der Waals surface area (Å²) in [6, 6.07) is 0. The maximum absolute atomic E-state index is 12.6. The van der Waals surface area contributed by atoms with Crippen molar-refractivity contribution in [2.45, 2.75) is 261 Å². The lowest BCUT2D eigenvalue weighted by molar-refractivity contribution is -0.181. The number of ketones is 2. The minimum atomic E-state index is -0.555. The van der Waals surface area contributed by atoms with Gasteiger partial charge in [-0.1, -0.05) is 99.8 Å². The molecular formula is C60H100O6. The van der Waals surface area contributed by atoms with Gasteiger partial charge in [0.05, 0.1) is 5.92 Å². The summed E-state index contributed by atoms with van der Waals surface area (Å²) in [5.41, 5.74) is 0.894. The maximum atomic E-state index is 12.6. The molecule has 0 spiro atoms. The van der Waals surface area contributed by atoms with Crippen molar-refractivity contribution in [1.82, 2.24) is 0 Å². The van der Waals surface area contributed by atoms with Gasteiger partial charge in [-0.25, -0.2) is 0 Å². The standard InChI is InChI=1S/2C30H50O3/c1-6-7-8-9-10-26(27(32)33)28(3)17-18-29(4)21(19-28)11-12-22-24-14-13-23(20(2)31)30(24,5)16-15-25(22)29;1-6-7-8-9-10-11-27(32)33-28(3)18-19-29(4)22(20-28)12-13-23-25-15-14-24(21(2)31)30(25,5)17-16-26(23)29/h21-26H,6-19H2,1-5H3,(H,32,33);22-26H,6-20H2,1-5H3/t21-,22-,23+,24-,25-,26?,28+,29-,30+;22-,23-,24+,25-,26-,28+,29-,30+/m00/s1. The van der Waals surface area contributed by atoms with E-state index < -0.39 is 5.97 Å². The number of carbonyl (C=O) groups is 4. The number of Topliss-reactive ketones (excluding diaryl/α,β-unsaturated/α-hetero) is 2. The predicted molar refractivity (Wildman–Crippen MR) is 268 cm³/mol. The molecule has 0 bridgehead atoms. The summed E-state index contributed by atoms with van der Waals surface area (Å²) in [6.45, 7) is 22.6. The minimum absolute atomic E-state index is 0.0287. The lowest BCUT2D eigenvalue weighted by Gasteiger charge is -2.63. The summed E-state index contributed by atoms with van der Waals surface area (Å²) in [5.74, 6) is 6.67. The van der Waals surface area contributed by atoms with Gasteiger partial charge in [0, 0.05) is 18.3 Å². The Morgan fingerprint density at radius 1 is 0.515 bits per heavy atom. The zero-order valence-electron chi connectivity index (χ0n) is 44.3. The van der Waals surface area contributed by atoms with Gasteiger partial charge in [-0.05, 0) is 224 Å². The molecule has 8 rings (SSSR count). The van der Waals surface area contributed by atoms with Crippen LogP contribution in [0.5, 0.6) is 0 Å². The number of rotatable bonds is 16. The van der Waals surface area contributed by atoms with Crippen molar-refractivity contribution in [3.8, 4) is 0 Å². The number of unbranched alkanes of at least 4 members (excludes halogenated alkanes) is 7. The lowest BCUT2D eigenvalue weighted by atomic mass is 9.42. The van der Waals surface area contributed by atoms with Gasteiger partial charge >= 0.3 is 11.9 Å². The number of carboxylic acid groups (broad SMARTS) is 1. The fourth-order valence-corrected chi connectivity index (χ4v) is 19.4. The van der Waals surface area contributed by atoms with Crippen molar-refractivity contribution in [2.75, 3.05) is 0 Å². The highest BCUT2D eigenvalue weighted by atomic mass is 16.6. The number of aliphatic carboxylic acids is 1. The lowest BCUT2D eigenvalue weighted by Crippen LogP contribution is -2.56. The monoisotopic (exact) mass is 917 g/mol. The molecule has 66 heavy (non-hydrogen) atoms. The molecule has 0 aliphatic heterocycles. The first-order chi connectivity index (χ1) is 31.2. The van der Waals surface area contributed by atoms with E-state index in [0.29, 0.717) is 46.6 Å². The molecule has 0 aromatic heterocycles. The molecule has 17 atom stereocenters. The average Bonchev–Trinajstić information content (AvgIpc) is 3.81. The molecule has 6 heteroatoms. The van der Waals surface area contributed by atoms with Crippen LogP contribution in [0.2, 0.25) is 0 Å². The Balaban J connectivity index is 0.000000196. The van der Waals surface area contributed by atoms with Crippen LogP contribution in [-0.4, -0.2) is 34.2 Å². The predicted octanol–water partition coefficient (Wildman–Crippen LogP) is 15.8. The minimum Gasteiger partial charge on any atom is -0.481 e. The number of ether oxygens (including phenoxy) is 1. The van der Waals surface area contributed by atoms with Crippen LogP contribution in [0.15, 0.2) is 0 Å². The smallest absolute Gasteiger partial charge is 0.307 e. The highest BCUT2D eigenvalue weighted by Crippen LogP contribution is 2.71. The van der Waals surface area contributed by atoms with Crippen molar-refractivity contribution in [2.24, 2.45) is 92.2 Å². The second kappa shape index (κ2) is 20.6. The molecule has 8 aliphatic carbocycles. The number of fused-ring (bicyclic) bond motifs is 10. The van der Waals surface area contributed by atoms with Crippen molar-refractivity contribution in [3.63, 3.8) is 0 Å². The first kappa shape index (κ1) is 52.1. The van der Waals surface area contributed by atoms with Crippen LogP contribution in [0.1, 0.15) is 255 Å². The van der Waals surface area contributed by atoms with E-state index in [1.807, 2.05) is 13.8 Å². The van der Waals surface area contributed by atoms with E-state index in [9.17, 15) is 24.3 Å². The van der Waals surface area contributed by atoms with Crippen molar-refractivity contribution >= 4 is 23.5 Å². The molecule has 8 aliphatic rings. The molecule has 0 amide bonds. The van der Waals surface area contributed by atoms with Crippen LogP contribution in [-0.2, 0) is 23.9 Å². The van der Waals surface area contributed by atoms with Gasteiger partial charge in [0.25, 0.3) is 0 Å². The van der Waals surface area contributed by atoms with Gasteiger partial charge in [0.2, 0.25) is 0 Å². The van der Waals surface area contributed by atoms with E-state index in [2.05, 4.69) is 55.4 Å². The van der Waals surface area contributed by atoms with E-state index >= 15 is 0 Å². The fourth-order valence-electron chi connectivity index (χ4n) is 19.4. The Bertz CT molecular complexity index is 1720. The third-order valence-corrected chi connectivity index (χ3v) is 23.3. The van der Waals surface area contributed by atoms with Crippen molar-refractivity contribution in [1.29, 1.82) is 0 Å². The highest BCUT2D eigenvalue weighted by molar-refractivity contribution is 5.80. The maximum Gasteiger partial charge on any atom is 0.307 e. The highest BCUT2D eigenvalue weighted by Gasteiger charge is 2.64. The second-order valence-corrected chi connectivity index (χ2v) is 26.8. The molecule has 8 saturated carbocycles. The van der Waals surface area contributed by atoms with Crippen LogP contribution in [0.3, 0.4) is 0 Å². The van der Waals surface area contributed by atoms with E-state index in [0.717, 1.165) is 99.7 Å². The molecule has 1 unspecified atom stereocenters. The number of hydrogen-bond acceptors (Lipinski definition) is 5. The van der Waals surface area contributed by atoms with E-state index in [1.165, 1.54) is 116 Å². The van der Waals surface area contributed by atoms with E-state index in [4.69, 9.17) is 4.74 Å². The zero-order valence-corrected chi connectivity index (χ0v) is 44.3. The number of carbonyl (C=O) groups excluding carboxylic acids is 3. The number of carboxylic acids is 1. The van der Waals surface area contributed by atoms with Crippen LogP contribution < -0.4 is 0 Å². The van der Waals surface area contributed by atoms with Gasteiger partial charge in [0.1, 0.15) is 17.2 Å². The molecule has 0 saturated heterocycles. The molecule has 376 valence electrons. The Hall–Kier alpha value is -1.72. The summed E-state index contributed by atoms with van der Waals surface area (Å²) >= 11 is 0. The molecule has 0 radical (unpaired) electrons. The van der Waals surface area contributed by atoms with E-state index in [-0.39, 0.29) is 39.7 Å². The van der Waals surface area contributed by atoms with Crippen LogP contribution in [0.25, 0.3) is 0 Å². The zero-order chi connectivity index (χ0) is 47.9. The van der Waals surface area contributed by atoms with Gasteiger partial charge in [0.15, 0.2) is 0 Å². The van der Waals surface area contributed by atoms with Crippen molar-refractivity contribution < 1.29 is 29.0 Å². The quantitative estimate of drug-likeness (QED) is 0.122. The first-order valence-corrected chi connectivity index (χ1v) is 28.6. The molecule has 0 aromatic rings. The third-order valence-electron chi connectivity index (χ3n) is 23.3. The Morgan fingerprint density at radius 2 is 0.985 bits per heavy atom. The largest absolute Gasteiger partial charge is 0.481 e. The summed E-state index contributed by atoms with van der Waals surface area (Å²) in [4.78, 5) is 49.8. The van der Waals surface area contributed by atoms with Gasteiger partial charge in [-0.3, -0.25) is 19.2 Å². The summed E-state index contributed by atoms with van der Waals surface area (Å²) in [7, 11) is 0. The molecule has 1 N–H and O–H groups in total. The number of hydrogen-bond donors (Lipinski definition) is 1. The van der Waals surface area contributed by atoms with Crippen LogP contribution in [0.4, 0.5) is 0 Å². The Labute approximate surface area is 404 Å². The fraction of sp³-hybridized carbons (Fsp3) is 0.933. The van der Waals surface area contributed by atoms with Gasteiger partial charge < -0.3 is 9.84 Å². The second-order valence-electron chi connectivity index (χ2n) is 26.8. The molecule has 0 aromatic carbocycles. The van der Waals surface area contributed by atoms with E-state index in [1.54, 1.807) is 0 Å². The van der Waals surface area contributed by atoms with Crippen LogP contribution >= 0.6 is 0 Å². The number of esters is 1. The first-order valence-electron chi connectivity index (χ1n) is 28.6. The van der Waals surface area contributed by atoms with Gasteiger partial charge in [-0.2, -0.15) is 0 Å². The summed E-state index contributed by atoms with van der Waals surface area (Å²) in [6.07, 6.45) is 33.5. The average molecular weight is 917 g/mol. The summed E-state index contributed by atoms with van der Waals surface area (Å²) in [5, 5.41) is 10.2. The van der Waals surface area contributed by atoms with Crippen LogP contribution in [0, 0.1) is 92.2 Å². The Kier molecular flexibility index (Phi) is 16.2.